The highest BCUT2D eigenvalue weighted by Crippen LogP contribution is 2.36. The molecule has 1 atom stereocenters. The van der Waals surface area contributed by atoms with Crippen molar-refractivity contribution in [1.82, 2.24) is 24.1 Å². The van der Waals surface area contributed by atoms with Gasteiger partial charge in [0.2, 0.25) is 10.0 Å². The van der Waals surface area contributed by atoms with E-state index in [9.17, 15) is 26.0 Å². The SMILES string of the molecule is Nc1ncnc2c1c(-c1ccc(Oc3ccccc3)cc1)nn2[C@@H]1CCN(S(=O)(=O)c2cc(F)c(F)c(F)c2F)C1. The first-order chi connectivity index (χ1) is 19.6. The molecule has 0 aliphatic carbocycles. The fraction of sp³-hybridized carbons (Fsp3) is 0.148. The smallest absolute Gasteiger partial charge is 0.246 e. The van der Waals surface area contributed by atoms with Crippen LogP contribution in [0.4, 0.5) is 23.4 Å². The average molecular weight is 585 g/mol. The molecule has 14 heteroatoms. The Morgan fingerprint density at radius 2 is 1.61 bits per heavy atom. The van der Waals surface area contributed by atoms with Gasteiger partial charge >= 0.3 is 0 Å². The van der Waals surface area contributed by atoms with Crippen LogP contribution >= 0.6 is 0 Å². The largest absolute Gasteiger partial charge is 0.457 e. The molecule has 6 rings (SSSR count). The third-order valence-corrected chi connectivity index (χ3v) is 8.65. The average Bonchev–Trinajstić information content (AvgIpc) is 3.61. The van der Waals surface area contributed by atoms with Crippen molar-refractivity contribution in [3.05, 3.63) is 90.3 Å². The number of nitrogens with zero attached hydrogens (tertiary/aromatic N) is 5. The van der Waals surface area contributed by atoms with Crippen LogP contribution in [0.3, 0.4) is 0 Å². The van der Waals surface area contributed by atoms with E-state index >= 15 is 0 Å². The maximum atomic E-state index is 14.4. The summed E-state index contributed by atoms with van der Waals surface area (Å²) in [6.45, 7) is -0.331. The second kappa shape index (κ2) is 10.1. The molecular formula is C27H20F4N6O3S. The summed E-state index contributed by atoms with van der Waals surface area (Å²) in [4.78, 5) is 7.10. The standard InChI is InChI=1S/C27H20F4N6O3S/c28-19-12-20(23(30)24(31)22(19)29)41(38,39)36-11-10-16(13-36)37-27-21(26(32)33-14-34-27)25(35-37)15-6-8-18(9-7-15)40-17-4-2-1-3-5-17/h1-9,12,14,16H,10-11,13H2,(H2,32,33,34)/t16-/m1/s1. The molecule has 0 unspecified atom stereocenters. The number of benzene rings is 3. The number of hydrogen-bond acceptors (Lipinski definition) is 7. The lowest BCUT2D eigenvalue weighted by Gasteiger charge is -2.18. The minimum absolute atomic E-state index is 0.115. The molecule has 2 N–H and O–H groups in total. The van der Waals surface area contributed by atoms with Crippen molar-refractivity contribution < 1.29 is 30.7 Å². The maximum Gasteiger partial charge on any atom is 0.246 e. The molecule has 1 aliphatic heterocycles. The second-order valence-electron chi connectivity index (χ2n) is 9.29. The number of para-hydroxylation sites is 1. The van der Waals surface area contributed by atoms with E-state index in [2.05, 4.69) is 9.97 Å². The Hall–Kier alpha value is -4.56. The molecule has 5 aromatic rings. The number of fused-ring (bicyclic) bond motifs is 1. The van der Waals surface area contributed by atoms with Crippen LogP contribution in [0, 0.1) is 23.3 Å². The number of nitrogens with two attached hydrogens (primary N) is 1. The van der Waals surface area contributed by atoms with Gasteiger partial charge in [0.25, 0.3) is 0 Å². The summed E-state index contributed by atoms with van der Waals surface area (Å²) in [5.41, 5.74) is 7.64. The van der Waals surface area contributed by atoms with E-state index < -0.39 is 44.2 Å². The third kappa shape index (κ3) is 4.64. The van der Waals surface area contributed by atoms with E-state index in [1.54, 1.807) is 24.3 Å². The highest BCUT2D eigenvalue weighted by molar-refractivity contribution is 7.89. The molecular weight excluding hydrogens is 564 g/mol. The fourth-order valence-electron chi connectivity index (χ4n) is 4.76. The zero-order valence-electron chi connectivity index (χ0n) is 21.0. The molecule has 1 saturated heterocycles. The van der Waals surface area contributed by atoms with E-state index in [4.69, 9.17) is 15.6 Å². The molecule has 41 heavy (non-hydrogen) atoms. The van der Waals surface area contributed by atoms with E-state index in [0.717, 1.165) is 4.31 Å². The lowest BCUT2D eigenvalue weighted by Crippen LogP contribution is -2.30. The molecule has 2 aromatic heterocycles. The molecule has 210 valence electrons. The monoisotopic (exact) mass is 584 g/mol. The highest BCUT2D eigenvalue weighted by Gasteiger charge is 2.38. The van der Waals surface area contributed by atoms with Crippen LogP contribution in [0.25, 0.3) is 22.3 Å². The van der Waals surface area contributed by atoms with E-state index in [1.807, 2.05) is 30.3 Å². The van der Waals surface area contributed by atoms with Gasteiger partial charge in [-0.15, -0.1) is 0 Å². The predicted molar refractivity (Wildman–Crippen MR) is 140 cm³/mol. The fourth-order valence-corrected chi connectivity index (χ4v) is 6.32. The molecule has 0 radical (unpaired) electrons. The van der Waals surface area contributed by atoms with Crippen molar-refractivity contribution in [3.63, 3.8) is 0 Å². The number of rotatable bonds is 6. The molecule has 1 fully saturated rings. The minimum Gasteiger partial charge on any atom is -0.457 e. The lowest BCUT2D eigenvalue weighted by molar-refractivity contribution is 0.390. The first-order valence-corrected chi connectivity index (χ1v) is 13.7. The molecule has 0 saturated carbocycles. The summed E-state index contributed by atoms with van der Waals surface area (Å²) in [6, 6.07) is 15.9. The van der Waals surface area contributed by atoms with Crippen molar-refractivity contribution in [2.45, 2.75) is 17.4 Å². The topological polar surface area (TPSA) is 116 Å². The summed E-state index contributed by atoms with van der Waals surface area (Å²) < 4.78 is 89.8. The molecule has 3 aromatic carbocycles. The van der Waals surface area contributed by atoms with Gasteiger partial charge in [-0.1, -0.05) is 18.2 Å². The molecule has 0 bridgehead atoms. The predicted octanol–water partition coefficient (Wildman–Crippen LogP) is 5.06. The zero-order valence-corrected chi connectivity index (χ0v) is 21.8. The van der Waals surface area contributed by atoms with Gasteiger partial charge < -0.3 is 10.5 Å². The van der Waals surface area contributed by atoms with Crippen molar-refractivity contribution in [2.24, 2.45) is 0 Å². The van der Waals surface area contributed by atoms with Crippen molar-refractivity contribution in [3.8, 4) is 22.8 Å². The summed E-state index contributed by atoms with van der Waals surface area (Å²) in [7, 11) is -4.71. The quantitative estimate of drug-likeness (QED) is 0.169. The molecule has 0 amide bonds. The number of hydrogen-bond donors (Lipinski definition) is 1. The normalized spacial score (nSPS) is 16.0. The van der Waals surface area contributed by atoms with Crippen molar-refractivity contribution in [1.29, 1.82) is 0 Å². The Morgan fingerprint density at radius 1 is 0.902 bits per heavy atom. The Kier molecular flexibility index (Phi) is 6.58. The van der Waals surface area contributed by atoms with E-state index in [0.29, 0.717) is 33.8 Å². The maximum absolute atomic E-state index is 14.4. The van der Waals surface area contributed by atoms with Crippen molar-refractivity contribution >= 4 is 26.9 Å². The Bertz CT molecular complexity index is 1890. The van der Waals surface area contributed by atoms with Crippen LogP contribution in [-0.4, -0.2) is 45.6 Å². The highest BCUT2D eigenvalue weighted by atomic mass is 32.2. The number of sulfonamides is 1. The van der Waals surface area contributed by atoms with Crippen LogP contribution in [0.1, 0.15) is 12.5 Å². The zero-order chi connectivity index (χ0) is 28.9. The number of ether oxygens (including phenoxy) is 1. The third-order valence-electron chi connectivity index (χ3n) is 6.78. The van der Waals surface area contributed by atoms with E-state index in [-0.39, 0.29) is 31.4 Å². The van der Waals surface area contributed by atoms with Gasteiger partial charge in [-0.05, 0) is 42.8 Å². The molecule has 1 aliphatic rings. The Labute approximate surface area is 230 Å². The molecule has 9 nitrogen and oxygen atoms in total. The summed E-state index contributed by atoms with van der Waals surface area (Å²) >= 11 is 0. The Balaban J connectivity index is 1.32. The number of anilines is 1. The minimum atomic E-state index is -4.71. The first-order valence-electron chi connectivity index (χ1n) is 12.3. The van der Waals surface area contributed by atoms with Gasteiger partial charge in [0, 0.05) is 24.7 Å². The van der Waals surface area contributed by atoms with E-state index in [1.165, 1.54) is 11.0 Å². The van der Waals surface area contributed by atoms with Crippen LogP contribution in [0.5, 0.6) is 11.5 Å². The molecule has 0 spiro atoms. The van der Waals surface area contributed by atoms with Gasteiger partial charge in [0.15, 0.2) is 28.9 Å². The van der Waals surface area contributed by atoms with Crippen LogP contribution in [0.2, 0.25) is 0 Å². The summed E-state index contributed by atoms with van der Waals surface area (Å²) in [6.07, 6.45) is 1.47. The van der Waals surface area contributed by atoms with Gasteiger partial charge in [0.1, 0.15) is 34.2 Å². The molecule has 3 heterocycles. The van der Waals surface area contributed by atoms with Crippen molar-refractivity contribution in [2.75, 3.05) is 18.8 Å². The van der Waals surface area contributed by atoms with Gasteiger partial charge in [-0.25, -0.2) is 40.6 Å². The van der Waals surface area contributed by atoms with Gasteiger partial charge in [-0.3, -0.25) is 0 Å². The number of nitrogen functional groups attached to an aromatic ring is 1. The lowest BCUT2D eigenvalue weighted by atomic mass is 10.1. The number of halogens is 4. The first kappa shape index (κ1) is 26.7. The van der Waals surface area contributed by atoms with Crippen LogP contribution in [0.15, 0.2) is 71.9 Å². The van der Waals surface area contributed by atoms with Crippen LogP contribution < -0.4 is 10.5 Å². The van der Waals surface area contributed by atoms with Crippen LogP contribution in [-0.2, 0) is 10.0 Å². The second-order valence-corrected chi connectivity index (χ2v) is 11.2. The van der Waals surface area contributed by atoms with Gasteiger partial charge in [-0.2, -0.15) is 9.40 Å². The summed E-state index contributed by atoms with van der Waals surface area (Å²) in [5, 5.41) is 5.13. The number of aromatic nitrogens is 4. The Morgan fingerprint density at radius 3 is 2.34 bits per heavy atom. The summed E-state index contributed by atoms with van der Waals surface area (Å²) in [5.74, 6) is -6.68. The van der Waals surface area contributed by atoms with Gasteiger partial charge in [0.05, 0.1) is 11.4 Å².